The molecular formula is C10H11ClO4S. The van der Waals surface area contributed by atoms with E-state index >= 15 is 0 Å². The van der Waals surface area contributed by atoms with E-state index in [-0.39, 0.29) is 4.90 Å². The van der Waals surface area contributed by atoms with Gasteiger partial charge in [0.2, 0.25) is 0 Å². The number of aryl methyl sites for hydroxylation is 1. The zero-order valence-corrected chi connectivity index (χ0v) is 10.3. The largest absolute Gasteiger partial charge is 0.493 e. The first-order valence-electron chi connectivity index (χ1n) is 4.81. The molecule has 0 saturated carbocycles. The molecule has 0 radical (unpaired) electrons. The van der Waals surface area contributed by atoms with Crippen LogP contribution in [0.1, 0.15) is 12.0 Å². The standard InChI is InChI=1S/C10H11ClO4S/c1-14-9-6-8(16(11,12)13)5-7-3-2-4-15-10(7)9/h5-6H,2-4H2,1H3. The molecule has 1 heterocycles. The molecule has 16 heavy (non-hydrogen) atoms. The zero-order chi connectivity index (χ0) is 11.8. The van der Waals surface area contributed by atoms with E-state index in [9.17, 15) is 8.42 Å². The molecule has 1 aliphatic rings. The Balaban J connectivity index is 2.61. The van der Waals surface area contributed by atoms with Crippen LogP contribution in [0.25, 0.3) is 0 Å². The van der Waals surface area contributed by atoms with E-state index in [0.29, 0.717) is 18.1 Å². The molecule has 0 bridgehead atoms. The van der Waals surface area contributed by atoms with Gasteiger partial charge in [0.05, 0.1) is 18.6 Å². The highest BCUT2D eigenvalue weighted by Gasteiger charge is 2.21. The van der Waals surface area contributed by atoms with Crippen LogP contribution in [0.4, 0.5) is 0 Å². The molecule has 6 heteroatoms. The minimum Gasteiger partial charge on any atom is -0.493 e. The fourth-order valence-electron chi connectivity index (χ4n) is 1.71. The molecule has 0 atom stereocenters. The van der Waals surface area contributed by atoms with Gasteiger partial charge in [0.15, 0.2) is 11.5 Å². The molecule has 1 aliphatic heterocycles. The lowest BCUT2D eigenvalue weighted by Gasteiger charge is -2.20. The van der Waals surface area contributed by atoms with E-state index < -0.39 is 9.05 Å². The van der Waals surface area contributed by atoms with Gasteiger partial charge in [-0.05, 0) is 24.5 Å². The van der Waals surface area contributed by atoms with Crippen molar-refractivity contribution in [1.29, 1.82) is 0 Å². The number of methoxy groups -OCH3 is 1. The molecule has 0 aliphatic carbocycles. The van der Waals surface area contributed by atoms with Gasteiger partial charge in [0.1, 0.15) is 0 Å². The molecule has 0 N–H and O–H groups in total. The summed E-state index contributed by atoms with van der Waals surface area (Å²) < 4.78 is 33.1. The number of fused-ring (bicyclic) bond motifs is 1. The molecule has 0 amide bonds. The molecule has 0 fully saturated rings. The van der Waals surface area contributed by atoms with Gasteiger partial charge in [-0.2, -0.15) is 0 Å². The van der Waals surface area contributed by atoms with Gasteiger partial charge in [-0.3, -0.25) is 0 Å². The Hall–Kier alpha value is -0.940. The normalized spacial score (nSPS) is 15.1. The van der Waals surface area contributed by atoms with Crippen molar-refractivity contribution in [1.82, 2.24) is 0 Å². The Morgan fingerprint density at radius 2 is 2.19 bits per heavy atom. The molecule has 88 valence electrons. The molecular weight excluding hydrogens is 252 g/mol. The van der Waals surface area contributed by atoms with Crippen LogP contribution in [0.5, 0.6) is 11.5 Å². The fraction of sp³-hybridized carbons (Fsp3) is 0.400. The maximum atomic E-state index is 11.3. The number of halogens is 1. The van der Waals surface area contributed by atoms with E-state index in [0.717, 1.165) is 18.4 Å². The number of rotatable bonds is 2. The average molecular weight is 263 g/mol. The summed E-state index contributed by atoms with van der Waals surface area (Å²) >= 11 is 0. The molecule has 2 rings (SSSR count). The SMILES string of the molecule is COc1cc(S(=O)(=O)Cl)cc2c1OCCC2. The van der Waals surface area contributed by atoms with Crippen molar-refractivity contribution < 1.29 is 17.9 Å². The maximum Gasteiger partial charge on any atom is 0.261 e. The smallest absolute Gasteiger partial charge is 0.261 e. The van der Waals surface area contributed by atoms with Crippen molar-refractivity contribution in [2.45, 2.75) is 17.7 Å². The molecule has 1 aromatic rings. The monoisotopic (exact) mass is 262 g/mol. The molecule has 4 nitrogen and oxygen atoms in total. The van der Waals surface area contributed by atoms with E-state index in [2.05, 4.69) is 0 Å². The van der Waals surface area contributed by atoms with Gasteiger partial charge in [-0.15, -0.1) is 0 Å². The molecule has 1 aromatic carbocycles. The molecule has 0 aromatic heterocycles. The highest BCUT2D eigenvalue weighted by molar-refractivity contribution is 8.13. The van der Waals surface area contributed by atoms with E-state index in [1.54, 1.807) is 6.07 Å². The number of benzene rings is 1. The first-order chi connectivity index (χ1) is 7.52. The van der Waals surface area contributed by atoms with Gasteiger partial charge in [-0.25, -0.2) is 8.42 Å². The third-order valence-electron chi connectivity index (χ3n) is 2.44. The van der Waals surface area contributed by atoms with Crippen LogP contribution in [0.15, 0.2) is 17.0 Å². The number of hydrogen-bond acceptors (Lipinski definition) is 4. The minimum absolute atomic E-state index is 0.0512. The Labute approximate surface area is 98.5 Å². The van der Waals surface area contributed by atoms with Gasteiger partial charge >= 0.3 is 0 Å². The van der Waals surface area contributed by atoms with Crippen LogP contribution >= 0.6 is 10.7 Å². The van der Waals surface area contributed by atoms with E-state index in [1.165, 1.54) is 13.2 Å². The molecule has 0 unspecified atom stereocenters. The van der Waals surface area contributed by atoms with Crippen LogP contribution in [0.3, 0.4) is 0 Å². The van der Waals surface area contributed by atoms with Crippen LogP contribution in [-0.2, 0) is 15.5 Å². The van der Waals surface area contributed by atoms with Gasteiger partial charge < -0.3 is 9.47 Å². The van der Waals surface area contributed by atoms with Crippen LogP contribution in [0, 0.1) is 0 Å². The Morgan fingerprint density at radius 1 is 1.44 bits per heavy atom. The van der Waals surface area contributed by atoms with Crippen molar-refractivity contribution >= 4 is 19.7 Å². The predicted octanol–water partition coefficient (Wildman–Crippen LogP) is 1.95. The highest BCUT2D eigenvalue weighted by atomic mass is 35.7. The van der Waals surface area contributed by atoms with Crippen molar-refractivity contribution in [2.75, 3.05) is 13.7 Å². The number of hydrogen-bond donors (Lipinski definition) is 0. The average Bonchev–Trinajstić information content (AvgIpc) is 2.26. The summed E-state index contributed by atoms with van der Waals surface area (Å²) in [4.78, 5) is 0.0512. The lowest BCUT2D eigenvalue weighted by molar-refractivity contribution is 0.268. The van der Waals surface area contributed by atoms with Gasteiger partial charge in [0, 0.05) is 16.7 Å². The third-order valence-corrected chi connectivity index (χ3v) is 3.78. The summed E-state index contributed by atoms with van der Waals surface area (Å²) in [6.07, 6.45) is 1.63. The van der Waals surface area contributed by atoms with Crippen molar-refractivity contribution in [3.05, 3.63) is 17.7 Å². The summed E-state index contributed by atoms with van der Waals surface area (Å²) in [5.41, 5.74) is 0.824. The predicted molar refractivity (Wildman–Crippen MR) is 59.8 cm³/mol. The van der Waals surface area contributed by atoms with E-state index in [4.69, 9.17) is 20.2 Å². The number of ether oxygens (including phenoxy) is 2. The Morgan fingerprint density at radius 3 is 2.81 bits per heavy atom. The van der Waals surface area contributed by atoms with Crippen LogP contribution in [-0.4, -0.2) is 22.1 Å². The van der Waals surface area contributed by atoms with Crippen molar-refractivity contribution in [3.63, 3.8) is 0 Å². The summed E-state index contributed by atoms with van der Waals surface area (Å²) in [6, 6.07) is 2.92. The van der Waals surface area contributed by atoms with Crippen molar-refractivity contribution in [2.24, 2.45) is 0 Å². The van der Waals surface area contributed by atoms with E-state index in [1.807, 2.05) is 0 Å². The van der Waals surface area contributed by atoms with Crippen LogP contribution in [0.2, 0.25) is 0 Å². The lowest BCUT2D eigenvalue weighted by atomic mass is 10.1. The van der Waals surface area contributed by atoms with Crippen molar-refractivity contribution in [3.8, 4) is 11.5 Å². The highest BCUT2D eigenvalue weighted by Crippen LogP contribution is 2.37. The first-order valence-corrected chi connectivity index (χ1v) is 7.11. The topological polar surface area (TPSA) is 52.6 Å². The quantitative estimate of drug-likeness (QED) is 0.765. The second-order valence-corrected chi connectivity index (χ2v) is 6.07. The molecule has 0 saturated heterocycles. The third kappa shape index (κ3) is 2.10. The van der Waals surface area contributed by atoms with Gasteiger partial charge in [0.25, 0.3) is 9.05 Å². The Bertz CT molecular complexity index is 493. The Kier molecular flexibility index (Phi) is 2.99. The summed E-state index contributed by atoms with van der Waals surface area (Å²) in [5, 5.41) is 0. The van der Waals surface area contributed by atoms with Crippen LogP contribution < -0.4 is 9.47 Å². The fourth-order valence-corrected chi connectivity index (χ4v) is 2.51. The summed E-state index contributed by atoms with van der Waals surface area (Å²) in [6.45, 7) is 0.621. The zero-order valence-electron chi connectivity index (χ0n) is 8.70. The summed E-state index contributed by atoms with van der Waals surface area (Å²) in [7, 11) is 3.04. The van der Waals surface area contributed by atoms with Gasteiger partial charge in [-0.1, -0.05) is 0 Å². The summed E-state index contributed by atoms with van der Waals surface area (Å²) in [5.74, 6) is 1.04. The minimum atomic E-state index is -3.73. The maximum absolute atomic E-state index is 11.3. The molecule has 0 spiro atoms. The second kappa shape index (κ2) is 4.14. The first kappa shape index (κ1) is 11.5. The lowest BCUT2D eigenvalue weighted by Crippen LogP contribution is -2.10. The second-order valence-electron chi connectivity index (χ2n) is 3.50.